The minimum Gasteiger partial charge on any atom is -0.464 e. The van der Waals surface area contributed by atoms with E-state index in [1.54, 1.807) is 6.07 Å². The molecule has 0 bridgehead atoms. The molecule has 6 heteroatoms. The van der Waals surface area contributed by atoms with E-state index in [0.717, 1.165) is 0 Å². The fraction of sp³-hybridized carbons (Fsp3) is 0.308. The summed E-state index contributed by atoms with van der Waals surface area (Å²) in [5.74, 6) is 1.72. The van der Waals surface area contributed by atoms with Crippen LogP contribution >= 0.6 is 15.9 Å². The predicted octanol–water partition coefficient (Wildman–Crippen LogP) is 1.62. The van der Waals surface area contributed by atoms with Crippen LogP contribution in [0, 0.1) is 18.3 Å². The number of esters is 1. The number of hydrogen-bond donors (Lipinski definition) is 0. The van der Waals surface area contributed by atoms with E-state index in [1.165, 1.54) is 18.2 Å². The Morgan fingerprint density at radius 2 is 2.42 bits per heavy atom. The molecule has 2 heterocycles. The van der Waals surface area contributed by atoms with Gasteiger partial charge in [-0.1, -0.05) is 0 Å². The van der Waals surface area contributed by atoms with E-state index < -0.39 is 5.97 Å². The number of ether oxygens (including phenoxy) is 1. The predicted molar refractivity (Wildman–Crippen MR) is 72.6 cm³/mol. The highest BCUT2D eigenvalue weighted by Gasteiger charge is 2.32. The molecular weight excluding hydrogens is 312 g/mol. The first-order valence-electron chi connectivity index (χ1n) is 5.57. The van der Waals surface area contributed by atoms with E-state index >= 15 is 0 Å². The number of aromatic nitrogens is 1. The maximum Gasteiger partial charge on any atom is 0.358 e. The smallest absolute Gasteiger partial charge is 0.358 e. The molecule has 0 spiro atoms. The summed E-state index contributed by atoms with van der Waals surface area (Å²) in [6, 6.07) is 1.66. The van der Waals surface area contributed by atoms with Crippen LogP contribution in [-0.2, 0) is 9.53 Å². The van der Waals surface area contributed by atoms with Gasteiger partial charge in [-0.2, -0.15) is 0 Å². The average Bonchev–Trinajstić information content (AvgIpc) is 2.79. The summed E-state index contributed by atoms with van der Waals surface area (Å²) in [4.78, 5) is 29.1. The van der Waals surface area contributed by atoms with Gasteiger partial charge in [-0.3, -0.25) is 4.79 Å². The number of anilines is 1. The first-order chi connectivity index (χ1) is 9.06. The number of amides is 1. The van der Waals surface area contributed by atoms with E-state index in [9.17, 15) is 9.59 Å². The van der Waals surface area contributed by atoms with Crippen molar-refractivity contribution in [3.63, 3.8) is 0 Å². The molecule has 0 aliphatic carbocycles. The summed E-state index contributed by atoms with van der Waals surface area (Å²) < 4.78 is 5.34. The monoisotopic (exact) mass is 322 g/mol. The van der Waals surface area contributed by atoms with Gasteiger partial charge < -0.3 is 9.64 Å². The van der Waals surface area contributed by atoms with Crippen molar-refractivity contribution in [3.8, 4) is 12.3 Å². The third kappa shape index (κ3) is 2.61. The number of pyridine rings is 1. The number of carbonyl (C=O) groups is 2. The Bertz CT molecular complexity index is 580. The molecule has 1 amide bonds. The molecule has 1 aliphatic heterocycles. The van der Waals surface area contributed by atoms with Crippen molar-refractivity contribution in [2.75, 3.05) is 18.6 Å². The van der Waals surface area contributed by atoms with Crippen molar-refractivity contribution in [1.29, 1.82) is 0 Å². The molecule has 1 saturated heterocycles. The molecule has 19 heavy (non-hydrogen) atoms. The lowest BCUT2D eigenvalue weighted by Crippen LogP contribution is -2.27. The van der Waals surface area contributed by atoms with Crippen LogP contribution in [0.1, 0.15) is 16.9 Å². The van der Waals surface area contributed by atoms with Gasteiger partial charge in [-0.05, 0) is 22.0 Å². The normalized spacial score (nSPS) is 18.3. The Hall–Kier alpha value is -1.87. The fourth-order valence-electron chi connectivity index (χ4n) is 1.94. The molecule has 1 atom stereocenters. The Kier molecular flexibility index (Phi) is 3.86. The van der Waals surface area contributed by atoms with Crippen molar-refractivity contribution in [2.45, 2.75) is 6.42 Å². The van der Waals surface area contributed by atoms with Crippen molar-refractivity contribution in [3.05, 3.63) is 22.4 Å². The summed E-state index contributed by atoms with van der Waals surface area (Å²) in [7, 11) is 1.27. The zero-order chi connectivity index (χ0) is 14.0. The molecule has 1 unspecified atom stereocenters. The van der Waals surface area contributed by atoms with Crippen LogP contribution in [0.2, 0.25) is 0 Å². The van der Waals surface area contributed by atoms with Crippen LogP contribution in [0.3, 0.4) is 0 Å². The summed E-state index contributed by atoms with van der Waals surface area (Å²) in [5, 5.41) is 0. The molecule has 1 aromatic heterocycles. The summed E-state index contributed by atoms with van der Waals surface area (Å²) >= 11 is 3.27. The van der Waals surface area contributed by atoms with Gasteiger partial charge in [-0.15, -0.1) is 12.3 Å². The molecular formula is C13H11BrN2O3. The van der Waals surface area contributed by atoms with Gasteiger partial charge in [0.1, 0.15) is 0 Å². The second-order valence-corrected chi connectivity index (χ2v) is 5.00. The molecule has 2 rings (SSSR count). The minimum atomic E-state index is -0.584. The highest BCUT2D eigenvalue weighted by Crippen LogP contribution is 2.29. The molecule has 1 aromatic rings. The Morgan fingerprint density at radius 3 is 3.00 bits per heavy atom. The van der Waals surface area contributed by atoms with Crippen molar-refractivity contribution < 1.29 is 14.3 Å². The van der Waals surface area contributed by atoms with Crippen LogP contribution in [0.4, 0.5) is 5.69 Å². The van der Waals surface area contributed by atoms with Crippen molar-refractivity contribution in [1.82, 2.24) is 4.98 Å². The maximum atomic E-state index is 12.0. The number of terminal acetylenes is 1. The maximum absolute atomic E-state index is 12.0. The Balaban J connectivity index is 2.44. The first-order valence-corrected chi connectivity index (χ1v) is 6.36. The van der Waals surface area contributed by atoms with Crippen molar-refractivity contribution in [2.24, 2.45) is 5.92 Å². The van der Waals surface area contributed by atoms with E-state index in [-0.39, 0.29) is 23.9 Å². The minimum absolute atomic E-state index is 0.108. The van der Waals surface area contributed by atoms with Crippen molar-refractivity contribution >= 4 is 33.5 Å². The molecule has 1 aliphatic rings. The Labute approximate surface area is 119 Å². The number of halogens is 1. The first kappa shape index (κ1) is 13.6. The quantitative estimate of drug-likeness (QED) is 0.613. The van der Waals surface area contributed by atoms with E-state index in [4.69, 9.17) is 6.42 Å². The number of nitrogens with zero attached hydrogens (tertiary/aromatic N) is 2. The van der Waals surface area contributed by atoms with Gasteiger partial charge in [-0.25, -0.2) is 9.78 Å². The third-order valence-corrected chi connectivity index (χ3v) is 3.30. The van der Waals surface area contributed by atoms with Crippen LogP contribution in [-0.4, -0.2) is 30.5 Å². The van der Waals surface area contributed by atoms with Crippen LogP contribution < -0.4 is 4.90 Å². The molecule has 0 radical (unpaired) electrons. The highest BCUT2D eigenvalue weighted by molar-refractivity contribution is 9.10. The van der Waals surface area contributed by atoms with Gasteiger partial charge in [0.05, 0.1) is 12.8 Å². The number of rotatable bonds is 2. The Morgan fingerprint density at radius 1 is 1.68 bits per heavy atom. The summed E-state index contributed by atoms with van der Waals surface area (Å²) in [5.41, 5.74) is 0.528. The second kappa shape index (κ2) is 5.41. The lowest BCUT2D eigenvalue weighted by atomic mass is 10.1. The number of methoxy groups -OCH3 is 1. The number of carbonyl (C=O) groups excluding carboxylic acids is 2. The largest absolute Gasteiger partial charge is 0.464 e. The van der Waals surface area contributed by atoms with Crippen LogP contribution in [0.15, 0.2) is 16.7 Å². The van der Waals surface area contributed by atoms with Crippen LogP contribution in [0.25, 0.3) is 0 Å². The zero-order valence-electron chi connectivity index (χ0n) is 10.2. The van der Waals surface area contributed by atoms with E-state index in [0.29, 0.717) is 16.7 Å². The fourth-order valence-corrected chi connectivity index (χ4v) is 2.26. The topological polar surface area (TPSA) is 59.5 Å². The van der Waals surface area contributed by atoms with Crippen LogP contribution in [0.5, 0.6) is 0 Å². The summed E-state index contributed by atoms with van der Waals surface area (Å²) in [6.45, 7) is 0.386. The van der Waals surface area contributed by atoms with E-state index in [2.05, 4.69) is 31.6 Å². The molecule has 5 nitrogen and oxygen atoms in total. The second-order valence-electron chi connectivity index (χ2n) is 4.08. The van der Waals surface area contributed by atoms with E-state index in [1.807, 2.05) is 0 Å². The number of hydrogen-bond acceptors (Lipinski definition) is 4. The summed E-state index contributed by atoms with van der Waals surface area (Å²) in [6.07, 6.45) is 7.11. The lowest BCUT2D eigenvalue weighted by Gasteiger charge is -2.18. The average molecular weight is 323 g/mol. The van der Waals surface area contributed by atoms with Gasteiger partial charge in [0, 0.05) is 29.6 Å². The molecule has 1 fully saturated rings. The van der Waals surface area contributed by atoms with Gasteiger partial charge in [0.2, 0.25) is 5.91 Å². The molecule has 0 saturated carbocycles. The molecule has 0 N–H and O–H groups in total. The lowest BCUT2D eigenvalue weighted by molar-refractivity contribution is -0.117. The third-order valence-electron chi connectivity index (χ3n) is 2.86. The SMILES string of the molecule is C#CC1CC(=O)N(c2cc(Br)cnc2C(=O)OC)C1. The van der Waals surface area contributed by atoms with Gasteiger partial charge >= 0.3 is 5.97 Å². The highest BCUT2D eigenvalue weighted by atomic mass is 79.9. The molecule has 98 valence electrons. The van der Waals surface area contributed by atoms with Gasteiger partial charge in [0.25, 0.3) is 0 Å². The van der Waals surface area contributed by atoms with Gasteiger partial charge in [0.15, 0.2) is 5.69 Å². The zero-order valence-corrected chi connectivity index (χ0v) is 11.8. The molecule has 0 aromatic carbocycles. The standard InChI is InChI=1S/C13H11BrN2O3/c1-3-8-4-11(17)16(7-8)10-5-9(14)6-15-12(10)13(18)19-2/h1,5-6,8H,4,7H2,2H3.